The van der Waals surface area contributed by atoms with Gasteiger partial charge in [-0.3, -0.25) is 0 Å². The Balaban J connectivity index is 1.23. The lowest BCUT2D eigenvalue weighted by Gasteiger charge is -2.74. The molecule has 0 radical (unpaired) electrons. The van der Waals surface area contributed by atoms with Gasteiger partial charge in [-0.15, -0.1) is 0 Å². The molecule has 0 aromatic heterocycles. The Labute approximate surface area is 219 Å². The van der Waals surface area contributed by atoms with Gasteiger partial charge in [-0.25, -0.2) is 0 Å². The Morgan fingerprint density at radius 2 is 0.833 bits per heavy atom. The summed E-state index contributed by atoms with van der Waals surface area (Å²) in [7, 11) is 0. The van der Waals surface area contributed by atoms with Gasteiger partial charge in [-0.1, -0.05) is 36.4 Å². The fourth-order valence-electron chi connectivity index (χ4n) is 12.6. The zero-order chi connectivity index (χ0) is 24.5. The van der Waals surface area contributed by atoms with E-state index < -0.39 is 0 Å². The number of hydrogen-bond donors (Lipinski definition) is 0. The van der Waals surface area contributed by atoms with Crippen molar-refractivity contribution in [2.24, 2.45) is 34.5 Å². The van der Waals surface area contributed by atoms with Gasteiger partial charge < -0.3 is 0 Å². The predicted molar refractivity (Wildman–Crippen MR) is 149 cm³/mol. The third kappa shape index (κ3) is 2.88. The van der Waals surface area contributed by atoms with Gasteiger partial charge in [0.05, 0.1) is 0 Å². The molecule has 190 valence electrons. The van der Waals surface area contributed by atoms with E-state index in [2.05, 4.69) is 64.1 Å². The minimum Gasteiger partial charge on any atom is -0.0588 e. The maximum atomic E-state index is 2.62. The first-order chi connectivity index (χ1) is 17.2. The van der Waals surface area contributed by atoms with Gasteiger partial charge >= 0.3 is 0 Å². The normalized spacial score (nSPS) is 46.0. The van der Waals surface area contributed by atoms with E-state index in [1.54, 1.807) is 49.7 Å². The van der Waals surface area contributed by atoms with Crippen molar-refractivity contribution in [1.29, 1.82) is 0 Å². The molecule has 0 saturated heterocycles. The number of hydrogen-bond acceptors (Lipinski definition) is 0. The third-order valence-corrected chi connectivity index (χ3v) is 13.5. The topological polar surface area (TPSA) is 0 Å². The lowest BCUT2D eigenvalue weighted by molar-refractivity contribution is -0.212. The summed E-state index contributed by atoms with van der Waals surface area (Å²) in [5, 5.41) is 0. The first kappa shape index (κ1) is 22.4. The molecule has 0 spiro atoms. The average molecular weight is 479 g/mol. The van der Waals surface area contributed by atoms with E-state index in [1.165, 1.54) is 60.8 Å². The van der Waals surface area contributed by atoms with Gasteiger partial charge in [0.1, 0.15) is 0 Å². The van der Waals surface area contributed by atoms with Crippen LogP contribution in [-0.2, 0) is 10.8 Å². The summed E-state index contributed by atoms with van der Waals surface area (Å²) in [6.07, 6.45) is 18.3. The minimum absolute atomic E-state index is 0.472. The van der Waals surface area contributed by atoms with Crippen molar-refractivity contribution < 1.29 is 0 Å². The Hall–Kier alpha value is -1.56. The summed E-state index contributed by atoms with van der Waals surface area (Å²) < 4.78 is 0. The van der Waals surface area contributed by atoms with Crippen LogP contribution in [0.25, 0.3) is 0 Å². The Morgan fingerprint density at radius 1 is 0.472 bits per heavy atom. The van der Waals surface area contributed by atoms with Crippen LogP contribution in [0.4, 0.5) is 0 Å². The van der Waals surface area contributed by atoms with E-state index in [0.717, 1.165) is 23.7 Å². The Morgan fingerprint density at radius 3 is 1.17 bits per heavy atom. The van der Waals surface area contributed by atoms with Gasteiger partial charge in [0.15, 0.2) is 0 Å². The molecule has 0 N–H and O–H groups in total. The van der Waals surface area contributed by atoms with Crippen molar-refractivity contribution in [2.75, 3.05) is 0 Å². The first-order valence-corrected chi connectivity index (χ1v) is 15.4. The van der Waals surface area contributed by atoms with Crippen LogP contribution in [0.5, 0.6) is 0 Å². The first-order valence-electron chi connectivity index (χ1n) is 15.4. The molecule has 8 bridgehead atoms. The molecular formula is C36H46. The molecule has 36 heavy (non-hydrogen) atoms. The molecule has 2 aromatic carbocycles. The van der Waals surface area contributed by atoms with Crippen LogP contribution in [0.15, 0.2) is 36.4 Å². The molecule has 4 atom stereocenters. The fraction of sp³-hybridized carbons (Fsp3) is 0.667. The average Bonchev–Trinajstić information content (AvgIpc) is 2.81. The molecule has 4 unspecified atom stereocenters. The van der Waals surface area contributed by atoms with Gasteiger partial charge in [0, 0.05) is 0 Å². The fourth-order valence-corrected chi connectivity index (χ4v) is 12.6. The lowest BCUT2D eigenvalue weighted by atomic mass is 9.30. The highest BCUT2D eigenvalue weighted by Gasteiger charge is 2.70. The molecule has 2 aromatic rings. The Bertz CT molecular complexity index is 1120. The molecule has 8 fully saturated rings. The summed E-state index contributed by atoms with van der Waals surface area (Å²) in [4.78, 5) is 0. The SMILES string of the molecule is Cc1ccc(C23CC4CC(C2)CC(C25CC6CC(CC(c7ccc(C)c(C)c7)(C6)C2)C5)(C4)C3)cc1C. The van der Waals surface area contributed by atoms with Crippen molar-refractivity contribution in [3.05, 3.63) is 69.8 Å². The molecule has 0 aliphatic heterocycles. The molecule has 10 rings (SSSR count). The zero-order valence-corrected chi connectivity index (χ0v) is 23.3. The monoisotopic (exact) mass is 478 g/mol. The summed E-state index contributed by atoms with van der Waals surface area (Å²) >= 11 is 0. The second-order valence-electron chi connectivity index (χ2n) is 15.6. The maximum absolute atomic E-state index is 2.62. The number of benzene rings is 2. The van der Waals surface area contributed by atoms with Crippen LogP contribution in [0.1, 0.15) is 110 Å². The molecular weight excluding hydrogens is 432 g/mol. The number of rotatable bonds is 3. The molecule has 8 saturated carbocycles. The zero-order valence-electron chi connectivity index (χ0n) is 23.3. The van der Waals surface area contributed by atoms with E-state index in [9.17, 15) is 0 Å². The van der Waals surface area contributed by atoms with Gasteiger partial charge in [-0.2, -0.15) is 0 Å². The van der Waals surface area contributed by atoms with E-state index in [-0.39, 0.29) is 0 Å². The van der Waals surface area contributed by atoms with Crippen LogP contribution in [0.3, 0.4) is 0 Å². The van der Waals surface area contributed by atoms with Crippen molar-refractivity contribution in [1.82, 2.24) is 0 Å². The smallest absolute Gasteiger partial charge is 0.00361 e. The van der Waals surface area contributed by atoms with E-state index in [4.69, 9.17) is 0 Å². The van der Waals surface area contributed by atoms with Crippen molar-refractivity contribution in [2.45, 2.75) is 116 Å². The molecule has 8 aliphatic rings. The summed E-state index contributed by atoms with van der Waals surface area (Å²) in [5.74, 6) is 3.94. The molecule has 0 amide bonds. The quantitative estimate of drug-likeness (QED) is 0.412. The molecule has 8 aliphatic carbocycles. The largest absolute Gasteiger partial charge is 0.0588 e. The highest BCUT2D eigenvalue weighted by atomic mass is 14.7. The van der Waals surface area contributed by atoms with E-state index in [1.807, 2.05) is 0 Å². The van der Waals surface area contributed by atoms with Crippen LogP contribution in [-0.4, -0.2) is 0 Å². The van der Waals surface area contributed by atoms with E-state index >= 15 is 0 Å². The Kier molecular flexibility index (Phi) is 4.42. The number of aryl methyl sites for hydroxylation is 4. The predicted octanol–water partition coefficient (Wildman–Crippen LogP) is 9.30. The third-order valence-electron chi connectivity index (χ3n) is 13.5. The van der Waals surface area contributed by atoms with Gasteiger partial charge in [0.2, 0.25) is 0 Å². The second kappa shape index (κ2) is 7.09. The summed E-state index contributed by atoms with van der Waals surface area (Å²) in [6.45, 7) is 9.28. The van der Waals surface area contributed by atoms with Gasteiger partial charge in [-0.05, 0) is 183 Å². The second-order valence-corrected chi connectivity index (χ2v) is 15.6. The standard InChI is InChI=1S/C36H46/c1-23-5-7-31(9-25(23)3)33-13-27-11-28(14-33)18-35(17-27,21-33)36-19-29-12-30(20-36)16-34(15-29,22-36)32-8-6-24(2)26(4)10-32/h5-10,27-30H,11-22H2,1-4H3. The van der Waals surface area contributed by atoms with Crippen molar-refractivity contribution >= 4 is 0 Å². The highest BCUT2D eigenvalue weighted by molar-refractivity contribution is 5.40. The van der Waals surface area contributed by atoms with Crippen LogP contribution >= 0.6 is 0 Å². The highest BCUT2D eigenvalue weighted by Crippen LogP contribution is 2.78. The molecule has 0 heterocycles. The summed E-state index contributed by atoms with van der Waals surface area (Å²) in [5.41, 5.74) is 11.6. The van der Waals surface area contributed by atoms with Crippen LogP contribution in [0, 0.1) is 62.2 Å². The van der Waals surface area contributed by atoms with E-state index in [0.29, 0.717) is 21.7 Å². The lowest BCUT2D eigenvalue weighted by Crippen LogP contribution is -2.66. The minimum atomic E-state index is 0.472. The molecule has 0 heteroatoms. The molecule has 0 nitrogen and oxygen atoms in total. The van der Waals surface area contributed by atoms with Crippen LogP contribution in [0.2, 0.25) is 0 Å². The van der Waals surface area contributed by atoms with Crippen molar-refractivity contribution in [3.63, 3.8) is 0 Å². The van der Waals surface area contributed by atoms with Crippen molar-refractivity contribution in [3.8, 4) is 0 Å². The summed E-state index contributed by atoms with van der Waals surface area (Å²) in [6, 6.07) is 15.2. The maximum Gasteiger partial charge on any atom is -0.00361 e. The van der Waals surface area contributed by atoms with Crippen LogP contribution < -0.4 is 0 Å². The van der Waals surface area contributed by atoms with Gasteiger partial charge in [0.25, 0.3) is 0 Å².